The molecule has 1 saturated carbocycles. The van der Waals surface area contributed by atoms with Crippen LogP contribution < -0.4 is 0 Å². The maximum atomic E-state index is 12.6. The van der Waals surface area contributed by atoms with Gasteiger partial charge in [-0.1, -0.05) is 118 Å². The smallest absolute Gasteiger partial charge is 0.222 e. The summed E-state index contributed by atoms with van der Waals surface area (Å²) in [4.78, 5) is 12.2. The minimum atomic E-state index is -1.46. The molecular formula is C30H49Cl6NO2. The number of carbonyl (C=O) groups excluding carboxylic acids is 1. The number of hydrogen-bond donors (Lipinski definition) is 0. The van der Waals surface area contributed by atoms with Gasteiger partial charge >= 0.3 is 0 Å². The maximum Gasteiger partial charge on any atom is 0.222 e. The fraction of sp³-hybridized carbons (Fsp3) is 0.900. The molecule has 0 spiro atoms. The van der Waals surface area contributed by atoms with Crippen LogP contribution >= 0.6 is 69.6 Å². The molecule has 9 heteroatoms. The van der Waals surface area contributed by atoms with E-state index in [0.717, 1.165) is 83.9 Å². The molecule has 0 aromatic rings. The van der Waals surface area contributed by atoms with Crippen LogP contribution in [-0.4, -0.2) is 51.2 Å². The zero-order chi connectivity index (χ0) is 29.1. The summed E-state index contributed by atoms with van der Waals surface area (Å²) in [5, 5.41) is 0.636. The third kappa shape index (κ3) is 8.10. The Morgan fingerprint density at radius 3 is 1.72 bits per heavy atom. The quantitative estimate of drug-likeness (QED) is 0.0900. The number of hydrogen-bond acceptors (Lipinski definition) is 2. The average Bonchev–Trinajstić information content (AvgIpc) is 3.10. The van der Waals surface area contributed by atoms with Gasteiger partial charge < -0.3 is 9.64 Å². The predicted octanol–water partition coefficient (Wildman–Crippen LogP) is 10.8. The Hall–Kier alpha value is 0.910. The van der Waals surface area contributed by atoms with Crippen LogP contribution in [0.4, 0.5) is 0 Å². The standard InChI is InChI=1S/C30H49Cl6NO2/c1-4-7-8-9-11-14-18-23-24(29(34)27(32)26(31)28(23,33)30(29,35)36)19-15-12-10-13-16-20-25(38)37(5-2)21-17-22-39-6-3/h23-24H,4-22H2,1-3H3. The number of fused-ring (bicyclic) bond motifs is 2. The van der Waals surface area contributed by atoms with E-state index in [1.54, 1.807) is 0 Å². The van der Waals surface area contributed by atoms with Crippen molar-refractivity contribution in [3.8, 4) is 0 Å². The number of ether oxygens (including phenoxy) is 1. The van der Waals surface area contributed by atoms with Gasteiger partial charge in [-0.3, -0.25) is 4.79 Å². The van der Waals surface area contributed by atoms with Crippen molar-refractivity contribution in [1.82, 2.24) is 4.90 Å². The summed E-state index contributed by atoms with van der Waals surface area (Å²) < 4.78 is 3.94. The zero-order valence-electron chi connectivity index (χ0n) is 24.1. The maximum absolute atomic E-state index is 12.6. The highest BCUT2D eigenvalue weighted by atomic mass is 35.5. The summed E-state index contributed by atoms with van der Waals surface area (Å²) in [5.41, 5.74) is 0. The number of carbonyl (C=O) groups is 1. The molecule has 0 aliphatic heterocycles. The van der Waals surface area contributed by atoms with Gasteiger partial charge in [0.05, 0.1) is 10.1 Å². The average molecular weight is 668 g/mol. The monoisotopic (exact) mass is 665 g/mol. The molecule has 2 bridgehead atoms. The van der Waals surface area contributed by atoms with Crippen LogP contribution in [0.2, 0.25) is 0 Å². The fourth-order valence-electron chi connectivity index (χ4n) is 6.44. The Labute approximate surface area is 267 Å². The molecule has 1 amide bonds. The highest BCUT2D eigenvalue weighted by molar-refractivity contribution is 6.65. The first-order valence-electron chi connectivity index (χ1n) is 15.2. The van der Waals surface area contributed by atoms with E-state index < -0.39 is 14.1 Å². The van der Waals surface area contributed by atoms with Crippen LogP contribution in [0.25, 0.3) is 0 Å². The summed E-state index contributed by atoms with van der Waals surface area (Å²) >= 11 is 41.5. The molecule has 0 aromatic carbocycles. The van der Waals surface area contributed by atoms with Crippen LogP contribution in [0.1, 0.15) is 117 Å². The summed E-state index contributed by atoms with van der Waals surface area (Å²) in [7, 11) is 0. The largest absolute Gasteiger partial charge is 0.382 e. The minimum Gasteiger partial charge on any atom is -0.382 e. The first-order chi connectivity index (χ1) is 18.5. The van der Waals surface area contributed by atoms with Crippen LogP contribution in [-0.2, 0) is 9.53 Å². The van der Waals surface area contributed by atoms with Crippen molar-refractivity contribution < 1.29 is 9.53 Å². The number of amides is 1. The molecule has 3 nitrogen and oxygen atoms in total. The fourth-order valence-corrected chi connectivity index (χ4v) is 9.59. The second-order valence-corrected chi connectivity index (χ2v) is 14.5. The second-order valence-electron chi connectivity index (χ2n) is 11.2. The van der Waals surface area contributed by atoms with Crippen molar-refractivity contribution in [2.24, 2.45) is 11.8 Å². The predicted molar refractivity (Wildman–Crippen MR) is 171 cm³/mol. The molecule has 4 atom stereocenters. The SMILES string of the molecule is CCCCCCCCC1C(CCCCCCCC(=O)N(CC)CCCOCC)C2(Cl)C(Cl)=C(Cl)C1(Cl)C2(Cl)Cl. The van der Waals surface area contributed by atoms with E-state index in [9.17, 15) is 4.79 Å². The molecule has 0 heterocycles. The van der Waals surface area contributed by atoms with Gasteiger partial charge in [-0.25, -0.2) is 0 Å². The van der Waals surface area contributed by atoms with Gasteiger partial charge in [0.1, 0.15) is 9.75 Å². The highest BCUT2D eigenvalue weighted by Gasteiger charge is 2.81. The lowest BCUT2D eigenvalue weighted by atomic mass is 9.76. The van der Waals surface area contributed by atoms with Crippen molar-refractivity contribution in [3.63, 3.8) is 0 Å². The van der Waals surface area contributed by atoms with Crippen molar-refractivity contribution in [2.45, 2.75) is 131 Å². The Balaban J connectivity index is 1.84. The Bertz CT molecular complexity index is 793. The van der Waals surface area contributed by atoms with Crippen molar-refractivity contribution in [3.05, 3.63) is 10.1 Å². The molecule has 0 radical (unpaired) electrons. The van der Waals surface area contributed by atoms with Crippen LogP contribution in [0.15, 0.2) is 10.1 Å². The molecule has 4 unspecified atom stereocenters. The van der Waals surface area contributed by atoms with Crippen molar-refractivity contribution in [2.75, 3.05) is 26.3 Å². The number of rotatable bonds is 21. The number of allylic oxidation sites excluding steroid dienone is 2. The van der Waals surface area contributed by atoms with Gasteiger partial charge in [0.15, 0.2) is 4.33 Å². The molecular weight excluding hydrogens is 619 g/mol. The first kappa shape index (κ1) is 36.1. The van der Waals surface area contributed by atoms with E-state index in [1.165, 1.54) is 25.7 Å². The summed E-state index contributed by atoms with van der Waals surface area (Å²) in [5.74, 6) is 0.186. The number of alkyl halides is 4. The lowest BCUT2D eigenvalue weighted by Crippen LogP contribution is -2.44. The van der Waals surface area contributed by atoms with E-state index in [4.69, 9.17) is 74.3 Å². The van der Waals surface area contributed by atoms with Gasteiger partial charge in [0, 0.05) is 32.7 Å². The highest BCUT2D eigenvalue weighted by Crippen LogP contribution is 2.77. The van der Waals surface area contributed by atoms with Gasteiger partial charge in [-0.2, -0.15) is 0 Å². The lowest BCUT2D eigenvalue weighted by Gasteiger charge is -2.37. The Kier molecular flexibility index (Phi) is 16.0. The lowest BCUT2D eigenvalue weighted by molar-refractivity contribution is -0.131. The van der Waals surface area contributed by atoms with Crippen molar-refractivity contribution >= 4 is 75.5 Å². The molecule has 39 heavy (non-hydrogen) atoms. The van der Waals surface area contributed by atoms with Crippen LogP contribution in [0, 0.1) is 11.8 Å². The Morgan fingerprint density at radius 1 is 0.744 bits per heavy atom. The zero-order valence-corrected chi connectivity index (χ0v) is 28.7. The van der Waals surface area contributed by atoms with E-state index in [0.29, 0.717) is 23.1 Å². The first-order valence-corrected chi connectivity index (χ1v) is 17.5. The van der Waals surface area contributed by atoms with Gasteiger partial charge in [0.25, 0.3) is 0 Å². The molecule has 228 valence electrons. The Morgan fingerprint density at radius 2 is 1.23 bits per heavy atom. The van der Waals surface area contributed by atoms with E-state index in [2.05, 4.69) is 6.92 Å². The molecule has 1 fully saturated rings. The third-order valence-electron chi connectivity index (χ3n) is 8.68. The molecule has 2 aliphatic carbocycles. The van der Waals surface area contributed by atoms with Crippen LogP contribution in [0.3, 0.4) is 0 Å². The molecule has 0 N–H and O–H groups in total. The minimum absolute atomic E-state index is 0.0202. The van der Waals surface area contributed by atoms with E-state index in [-0.39, 0.29) is 17.7 Å². The topological polar surface area (TPSA) is 29.5 Å². The molecule has 0 saturated heterocycles. The van der Waals surface area contributed by atoms with Gasteiger partial charge in [0.2, 0.25) is 5.91 Å². The summed E-state index contributed by atoms with van der Waals surface area (Å²) in [6.45, 7) is 9.19. The van der Waals surface area contributed by atoms with E-state index in [1.807, 2.05) is 18.7 Å². The van der Waals surface area contributed by atoms with Crippen LogP contribution in [0.5, 0.6) is 0 Å². The van der Waals surface area contributed by atoms with Gasteiger partial charge in [-0.05, 0) is 51.4 Å². The molecule has 2 rings (SSSR count). The number of nitrogens with zero attached hydrogens (tertiary/aromatic N) is 1. The second kappa shape index (κ2) is 17.3. The summed E-state index contributed by atoms with van der Waals surface area (Å²) in [6.07, 6.45) is 15.4. The number of halogens is 6. The normalized spacial score (nSPS) is 27.5. The molecule has 2 aliphatic rings. The number of unbranched alkanes of at least 4 members (excludes halogenated alkanes) is 9. The van der Waals surface area contributed by atoms with E-state index >= 15 is 0 Å². The summed E-state index contributed by atoms with van der Waals surface area (Å²) in [6, 6.07) is 0. The van der Waals surface area contributed by atoms with Gasteiger partial charge in [-0.15, -0.1) is 23.2 Å². The third-order valence-corrected chi connectivity index (χ3v) is 13.0. The molecule has 0 aromatic heterocycles. The van der Waals surface area contributed by atoms with Crippen molar-refractivity contribution in [1.29, 1.82) is 0 Å².